The van der Waals surface area contributed by atoms with Crippen molar-refractivity contribution < 1.29 is 4.42 Å². The third-order valence-electron chi connectivity index (χ3n) is 4.51. The van der Waals surface area contributed by atoms with Crippen molar-refractivity contribution in [2.75, 3.05) is 13.1 Å². The lowest BCUT2D eigenvalue weighted by Crippen LogP contribution is -2.39. The van der Waals surface area contributed by atoms with Crippen molar-refractivity contribution in [3.8, 4) is 0 Å². The molecular formula is C16H26N2O. The number of rotatable bonds is 3. The van der Waals surface area contributed by atoms with Gasteiger partial charge < -0.3 is 15.1 Å². The molecule has 1 saturated heterocycles. The van der Waals surface area contributed by atoms with Crippen LogP contribution in [-0.4, -0.2) is 19.1 Å². The molecule has 2 heterocycles. The number of hydrogen-bond acceptors (Lipinski definition) is 3. The summed E-state index contributed by atoms with van der Waals surface area (Å²) in [6.07, 6.45) is 4.89. The molecular weight excluding hydrogens is 236 g/mol. The summed E-state index contributed by atoms with van der Waals surface area (Å²) in [6, 6.07) is 3.34. The van der Waals surface area contributed by atoms with Crippen LogP contribution in [0.15, 0.2) is 10.5 Å². The summed E-state index contributed by atoms with van der Waals surface area (Å²) < 4.78 is 5.89. The first kappa shape index (κ1) is 13.2. The highest BCUT2D eigenvalue weighted by atomic mass is 16.3. The van der Waals surface area contributed by atoms with Crippen molar-refractivity contribution in [2.24, 2.45) is 5.41 Å². The molecule has 2 aliphatic rings. The van der Waals surface area contributed by atoms with E-state index in [1.807, 2.05) is 0 Å². The van der Waals surface area contributed by atoms with Gasteiger partial charge in [0.2, 0.25) is 0 Å². The molecule has 2 unspecified atom stereocenters. The van der Waals surface area contributed by atoms with Crippen LogP contribution in [0.5, 0.6) is 0 Å². The Morgan fingerprint density at radius 2 is 2.32 bits per heavy atom. The molecule has 1 aliphatic heterocycles. The van der Waals surface area contributed by atoms with E-state index in [-0.39, 0.29) is 0 Å². The van der Waals surface area contributed by atoms with Gasteiger partial charge in [-0.25, -0.2) is 0 Å². The molecule has 0 amide bonds. The lowest BCUT2D eigenvalue weighted by atomic mass is 9.74. The van der Waals surface area contributed by atoms with Gasteiger partial charge in [-0.15, -0.1) is 0 Å². The van der Waals surface area contributed by atoms with Gasteiger partial charge in [-0.2, -0.15) is 0 Å². The van der Waals surface area contributed by atoms with Gasteiger partial charge in [-0.3, -0.25) is 0 Å². The normalized spacial score (nSPS) is 29.4. The molecule has 0 radical (unpaired) electrons. The Morgan fingerprint density at radius 1 is 1.47 bits per heavy atom. The molecule has 0 saturated carbocycles. The number of furan rings is 1. The molecule has 0 aromatic carbocycles. The maximum absolute atomic E-state index is 5.89. The third-order valence-corrected chi connectivity index (χ3v) is 4.51. The van der Waals surface area contributed by atoms with E-state index in [4.69, 9.17) is 4.42 Å². The SMILES string of the molecule is Cc1cc2c(o1)CC(C)(C)CC2NCC1CCCN1. The van der Waals surface area contributed by atoms with Crippen LogP contribution in [0.4, 0.5) is 0 Å². The Labute approximate surface area is 116 Å². The lowest BCUT2D eigenvalue weighted by molar-refractivity contribution is 0.232. The zero-order chi connectivity index (χ0) is 13.5. The zero-order valence-corrected chi connectivity index (χ0v) is 12.4. The smallest absolute Gasteiger partial charge is 0.109 e. The molecule has 1 aromatic heterocycles. The lowest BCUT2D eigenvalue weighted by Gasteiger charge is -2.35. The quantitative estimate of drug-likeness (QED) is 0.879. The highest BCUT2D eigenvalue weighted by molar-refractivity contribution is 5.29. The molecule has 2 N–H and O–H groups in total. The Kier molecular flexibility index (Phi) is 3.44. The van der Waals surface area contributed by atoms with Crippen molar-refractivity contribution in [1.29, 1.82) is 0 Å². The van der Waals surface area contributed by atoms with Crippen LogP contribution in [0.3, 0.4) is 0 Å². The molecule has 1 fully saturated rings. The van der Waals surface area contributed by atoms with Crippen LogP contribution in [0.2, 0.25) is 0 Å². The summed E-state index contributed by atoms with van der Waals surface area (Å²) in [7, 11) is 0. The zero-order valence-electron chi connectivity index (χ0n) is 12.4. The first-order chi connectivity index (χ1) is 9.03. The average Bonchev–Trinajstić information content (AvgIpc) is 2.93. The second-order valence-corrected chi connectivity index (χ2v) is 7.03. The van der Waals surface area contributed by atoms with E-state index in [0.717, 1.165) is 18.7 Å². The van der Waals surface area contributed by atoms with Crippen LogP contribution in [0.1, 0.15) is 56.2 Å². The molecule has 19 heavy (non-hydrogen) atoms. The number of fused-ring (bicyclic) bond motifs is 1. The van der Waals surface area contributed by atoms with Gasteiger partial charge in [0.15, 0.2) is 0 Å². The first-order valence-corrected chi connectivity index (χ1v) is 7.59. The summed E-state index contributed by atoms with van der Waals surface area (Å²) in [5.41, 5.74) is 1.73. The third kappa shape index (κ3) is 2.87. The maximum Gasteiger partial charge on any atom is 0.109 e. The Balaban J connectivity index is 1.72. The maximum atomic E-state index is 5.89. The van der Waals surface area contributed by atoms with Gasteiger partial charge in [-0.1, -0.05) is 13.8 Å². The van der Waals surface area contributed by atoms with E-state index in [2.05, 4.69) is 37.5 Å². The molecule has 3 nitrogen and oxygen atoms in total. The minimum absolute atomic E-state index is 0.331. The van der Waals surface area contributed by atoms with Gasteiger partial charge in [-0.05, 0) is 44.2 Å². The fraction of sp³-hybridized carbons (Fsp3) is 0.750. The Bertz CT molecular complexity index is 444. The van der Waals surface area contributed by atoms with Crippen molar-refractivity contribution in [1.82, 2.24) is 10.6 Å². The number of aryl methyl sites for hydroxylation is 1. The molecule has 2 atom stereocenters. The second kappa shape index (κ2) is 4.95. The second-order valence-electron chi connectivity index (χ2n) is 7.03. The Morgan fingerprint density at radius 3 is 3.05 bits per heavy atom. The molecule has 106 valence electrons. The van der Waals surface area contributed by atoms with Gasteiger partial charge in [0.05, 0.1) is 0 Å². The summed E-state index contributed by atoms with van der Waals surface area (Å²) >= 11 is 0. The van der Waals surface area contributed by atoms with Crippen LogP contribution >= 0.6 is 0 Å². The van der Waals surface area contributed by atoms with E-state index in [1.165, 1.54) is 37.1 Å². The van der Waals surface area contributed by atoms with E-state index < -0.39 is 0 Å². The van der Waals surface area contributed by atoms with Crippen LogP contribution in [0.25, 0.3) is 0 Å². The molecule has 3 rings (SSSR count). The van der Waals surface area contributed by atoms with Gasteiger partial charge in [0, 0.05) is 30.6 Å². The largest absolute Gasteiger partial charge is 0.466 e. The van der Waals surface area contributed by atoms with Crippen LogP contribution in [-0.2, 0) is 6.42 Å². The average molecular weight is 262 g/mol. The number of nitrogens with one attached hydrogen (secondary N) is 2. The first-order valence-electron chi connectivity index (χ1n) is 7.59. The van der Waals surface area contributed by atoms with E-state index >= 15 is 0 Å². The highest BCUT2D eigenvalue weighted by Crippen LogP contribution is 2.41. The predicted molar refractivity (Wildman–Crippen MR) is 77.3 cm³/mol. The van der Waals surface area contributed by atoms with Gasteiger partial charge >= 0.3 is 0 Å². The molecule has 1 aromatic rings. The minimum Gasteiger partial charge on any atom is -0.466 e. The fourth-order valence-electron chi connectivity index (χ4n) is 3.58. The number of hydrogen-bond donors (Lipinski definition) is 2. The van der Waals surface area contributed by atoms with E-state index in [1.54, 1.807) is 0 Å². The molecule has 3 heteroatoms. The van der Waals surface area contributed by atoms with E-state index in [0.29, 0.717) is 17.5 Å². The summed E-state index contributed by atoms with van der Waals surface area (Å²) in [4.78, 5) is 0. The van der Waals surface area contributed by atoms with Crippen molar-refractivity contribution in [3.05, 3.63) is 23.2 Å². The summed E-state index contributed by atoms with van der Waals surface area (Å²) in [6.45, 7) is 9.00. The minimum atomic E-state index is 0.331. The monoisotopic (exact) mass is 262 g/mol. The van der Waals surface area contributed by atoms with Gasteiger partial charge in [0.1, 0.15) is 11.5 Å². The van der Waals surface area contributed by atoms with Crippen molar-refractivity contribution in [2.45, 2.75) is 58.5 Å². The fourth-order valence-corrected chi connectivity index (χ4v) is 3.58. The molecule has 0 bridgehead atoms. The van der Waals surface area contributed by atoms with Crippen LogP contribution in [0, 0.1) is 12.3 Å². The molecule has 1 aliphatic carbocycles. The molecule has 0 spiro atoms. The summed E-state index contributed by atoms with van der Waals surface area (Å²) in [5.74, 6) is 2.25. The van der Waals surface area contributed by atoms with Crippen molar-refractivity contribution in [3.63, 3.8) is 0 Å². The van der Waals surface area contributed by atoms with Crippen molar-refractivity contribution >= 4 is 0 Å². The summed E-state index contributed by atoms with van der Waals surface area (Å²) in [5, 5.41) is 7.33. The predicted octanol–water partition coefficient (Wildman–Crippen LogP) is 2.94. The topological polar surface area (TPSA) is 37.2 Å². The standard InChI is InChI=1S/C16H26N2O/c1-11-7-13-14(18-10-12-5-4-6-17-12)8-16(2,3)9-15(13)19-11/h7,12,14,17-18H,4-6,8-10H2,1-3H3. The highest BCUT2D eigenvalue weighted by Gasteiger charge is 2.34. The van der Waals surface area contributed by atoms with E-state index in [9.17, 15) is 0 Å². The Hall–Kier alpha value is -0.800. The van der Waals surface area contributed by atoms with Gasteiger partial charge in [0.25, 0.3) is 0 Å². The van der Waals surface area contributed by atoms with Crippen LogP contribution < -0.4 is 10.6 Å².